The predicted molar refractivity (Wildman–Crippen MR) is 128 cm³/mol. The first-order valence-corrected chi connectivity index (χ1v) is 10.6. The number of nitrogens with two attached hydrogens (primary N) is 1. The Bertz CT molecular complexity index is 1540. The zero-order valence-corrected chi connectivity index (χ0v) is 18.6. The molecule has 0 amide bonds. The molecule has 3 N–H and O–H groups in total. The number of aryl methyl sites for hydroxylation is 1. The van der Waals surface area contributed by atoms with Crippen LogP contribution in [-0.4, -0.2) is 29.4 Å². The molecular weight excluding hydrogens is 507 g/mol. The standard InChI is InChI=1S/C22H17IN6O2/c1-12-5-4-6-13-9-14(10-28-21-18(19(23)27-28)20(24)25-11-26-21)29(22(31)17(12)13)15-7-2-3-8-16(15)30/h2-9,11,30H,10H2,1H3,(H2,24,25,26). The molecule has 0 aliphatic rings. The van der Waals surface area contributed by atoms with Crippen molar-refractivity contribution in [1.29, 1.82) is 0 Å². The number of para-hydroxylation sites is 2. The monoisotopic (exact) mass is 524 g/mol. The van der Waals surface area contributed by atoms with Crippen molar-refractivity contribution in [3.8, 4) is 11.4 Å². The second kappa shape index (κ2) is 7.34. The van der Waals surface area contributed by atoms with Crippen LogP contribution < -0.4 is 11.3 Å². The Labute approximate surface area is 190 Å². The number of fused-ring (bicyclic) bond motifs is 2. The van der Waals surface area contributed by atoms with Gasteiger partial charge >= 0.3 is 0 Å². The van der Waals surface area contributed by atoms with Crippen LogP contribution in [0, 0.1) is 10.6 Å². The van der Waals surface area contributed by atoms with Crippen LogP contribution in [0.3, 0.4) is 0 Å². The number of nitrogen functional groups attached to an aromatic ring is 1. The van der Waals surface area contributed by atoms with E-state index in [4.69, 9.17) is 5.73 Å². The molecule has 0 radical (unpaired) electrons. The molecule has 3 aromatic heterocycles. The van der Waals surface area contributed by atoms with Gasteiger partial charge in [0, 0.05) is 5.69 Å². The van der Waals surface area contributed by atoms with E-state index < -0.39 is 0 Å². The number of rotatable bonds is 3. The number of phenols is 1. The third kappa shape index (κ3) is 3.12. The van der Waals surface area contributed by atoms with Crippen LogP contribution in [-0.2, 0) is 6.54 Å². The van der Waals surface area contributed by atoms with Gasteiger partial charge in [-0.2, -0.15) is 5.10 Å². The predicted octanol–water partition coefficient (Wildman–Crippen LogP) is 3.38. The molecule has 0 aliphatic heterocycles. The first-order valence-electron chi connectivity index (χ1n) is 9.51. The SMILES string of the molecule is Cc1cccc2cc(Cn3nc(I)c4c(N)ncnc43)n(-c3ccccc3O)c(=O)c12. The lowest BCUT2D eigenvalue weighted by atomic mass is 10.1. The highest BCUT2D eigenvalue weighted by Crippen LogP contribution is 2.27. The van der Waals surface area contributed by atoms with Gasteiger partial charge in [0.05, 0.1) is 23.0 Å². The third-order valence-corrected chi connectivity index (χ3v) is 6.04. The molecule has 0 unspecified atom stereocenters. The number of aromatic nitrogens is 5. The van der Waals surface area contributed by atoms with Crippen molar-refractivity contribution >= 4 is 50.2 Å². The summed E-state index contributed by atoms with van der Waals surface area (Å²) >= 11 is 2.10. The van der Waals surface area contributed by atoms with Gasteiger partial charge in [-0.05, 0) is 58.7 Å². The molecule has 0 fully saturated rings. The minimum absolute atomic E-state index is 0.0188. The minimum atomic E-state index is -0.201. The number of anilines is 1. The topological polar surface area (TPSA) is 112 Å². The van der Waals surface area contributed by atoms with Crippen LogP contribution in [0.25, 0.3) is 27.5 Å². The highest BCUT2D eigenvalue weighted by Gasteiger charge is 2.18. The molecule has 0 saturated carbocycles. The van der Waals surface area contributed by atoms with Gasteiger partial charge in [-0.1, -0.05) is 30.3 Å². The van der Waals surface area contributed by atoms with Crippen LogP contribution in [0.5, 0.6) is 5.75 Å². The van der Waals surface area contributed by atoms with Gasteiger partial charge in [0.1, 0.15) is 21.6 Å². The average molecular weight is 524 g/mol. The molecule has 0 aliphatic carbocycles. The summed E-state index contributed by atoms with van der Waals surface area (Å²) in [5, 5.41) is 17.2. The summed E-state index contributed by atoms with van der Waals surface area (Å²) in [7, 11) is 0. The molecule has 154 valence electrons. The van der Waals surface area contributed by atoms with Crippen molar-refractivity contribution in [3.05, 3.63) is 80.2 Å². The van der Waals surface area contributed by atoms with Gasteiger partial charge in [0.25, 0.3) is 5.56 Å². The lowest BCUT2D eigenvalue weighted by molar-refractivity contribution is 0.470. The maximum Gasteiger partial charge on any atom is 0.263 e. The number of pyridine rings is 1. The molecule has 5 rings (SSSR count). The fraction of sp³-hybridized carbons (Fsp3) is 0.0909. The normalized spacial score (nSPS) is 11.4. The molecular formula is C22H17IN6O2. The number of nitrogens with zero attached hydrogens (tertiary/aromatic N) is 5. The molecule has 0 atom stereocenters. The molecule has 31 heavy (non-hydrogen) atoms. The molecule has 0 bridgehead atoms. The maximum atomic E-state index is 13.6. The van der Waals surface area contributed by atoms with Gasteiger partial charge < -0.3 is 10.8 Å². The lowest BCUT2D eigenvalue weighted by Crippen LogP contribution is -2.24. The lowest BCUT2D eigenvalue weighted by Gasteiger charge is -2.17. The average Bonchev–Trinajstić information content (AvgIpc) is 3.05. The van der Waals surface area contributed by atoms with Crippen LogP contribution in [0.4, 0.5) is 5.82 Å². The molecule has 9 heteroatoms. The van der Waals surface area contributed by atoms with E-state index in [-0.39, 0.29) is 17.9 Å². The zero-order valence-electron chi connectivity index (χ0n) is 16.5. The number of phenolic OH excluding ortho intramolecular Hbond substituents is 1. The number of hydrogen-bond donors (Lipinski definition) is 2. The Morgan fingerprint density at radius 1 is 1.10 bits per heavy atom. The largest absolute Gasteiger partial charge is 0.506 e. The molecule has 3 heterocycles. The van der Waals surface area contributed by atoms with E-state index in [1.54, 1.807) is 28.9 Å². The Morgan fingerprint density at radius 3 is 2.71 bits per heavy atom. The fourth-order valence-electron chi connectivity index (χ4n) is 3.87. The van der Waals surface area contributed by atoms with Crippen molar-refractivity contribution in [3.63, 3.8) is 0 Å². The Balaban J connectivity index is 1.82. The minimum Gasteiger partial charge on any atom is -0.506 e. The third-order valence-electron chi connectivity index (χ3n) is 5.28. The van der Waals surface area contributed by atoms with E-state index in [1.807, 2.05) is 31.2 Å². The first kappa shape index (κ1) is 19.5. The van der Waals surface area contributed by atoms with Crippen molar-refractivity contribution in [2.45, 2.75) is 13.5 Å². The van der Waals surface area contributed by atoms with Crippen LogP contribution in [0.15, 0.2) is 59.7 Å². The van der Waals surface area contributed by atoms with Gasteiger partial charge in [-0.3, -0.25) is 9.36 Å². The van der Waals surface area contributed by atoms with E-state index >= 15 is 0 Å². The van der Waals surface area contributed by atoms with E-state index in [2.05, 4.69) is 37.7 Å². The number of halogens is 1. The molecule has 5 aromatic rings. The van der Waals surface area contributed by atoms with Crippen molar-refractivity contribution in [2.75, 3.05) is 5.73 Å². The second-order valence-corrected chi connectivity index (χ2v) is 8.23. The van der Waals surface area contributed by atoms with Crippen molar-refractivity contribution < 1.29 is 5.11 Å². The summed E-state index contributed by atoms with van der Waals surface area (Å²) in [5.41, 5.74) is 8.34. The van der Waals surface area contributed by atoms with Crippen LogP contribution in [0.1, 0.15) is 11.3 Å². The van der Waals surface area contributed by atoms with Crippen molar-refractivity contribution in [2.24, 2.45) is 0 Å². The number of aromatic hydroxyl groups is 1. The highest BCUT2D eigenvalue weighted by molar-refractivity contribution is 14.1. The smallest absolute Gasteiger partial charge is 0.263 e. The Morgan fingerprint density at radius 2 is 1.90 bits per heavy atom. The maximum absolute atomic E-state index is 13.6. The quantitative estimate of drug-likeness (QED) is 0.350. The fourth-order valence-corrected chi connectivity index (χ4v) is 4.65. The molecule has 0 saturated heterocycles. The molecule has 0 spiro atoms. The summed E-state index contributed by atoms with van der Waals surface area (Å²) in [6.45, 7) is 2.16. The summed E-state index contributed by atoms with van der Waals surface area (Å²) < 4.78 is 3.91. The van der Waals surface area contributed by atoms with Gasteiger partial charge in [-0.15, -0.1) is 0 Å². The summed E-state index contributed by atoms with van der Waals surface area (Å²) in [6.07, 6.45) is 1.39. The van der Waals surface area contributed by atoms with Crippen molar-refractivity contribution in [1.82, 2.24) is 24.3 Å². The zero-order chi connectivity index (χ0) is 21.7. The van der Waals surface area contributed by atoms with E-state index in [1.165, 1.54) is 10.9 Å². The summed E-state index contributed by atoms with van der Waals surface area (Å²) in [5.74, 6) is 0.373. The van der Waals surface area contributed by atoms with E-state index in [0.29, 0.717) is 37.3 Å². The van der Waals surface area contributed by atoms with Gasteiger partial charge in [-0.25, -0.2) is 14.6 Å². The summed E-state index contributed by atoms with van der Waals surface area (Å²) in [4.78, 5) is 22.0. The molecule has 2 aromatic carbocycles. The van der Waals surface area contributed by atoms with Gasteiger partial charge in [0.2, 0.25) is 0 Å². The second-order valence-electron chi connectivity index (χ2n) is 7.21. The number of benzene rings is 2. The van der Waals surface area contributed by atoms with Gasteiger partial charge in [0.15, 0.2) is 5.65 Å². The van der Waals surface area contributed by atoms with E-state index in [0.717, 1.165) is 10.9 Å². The van der Waals surface area contributed by atoms with Crippen LogP contribution in [0.2, 0.25) is 0 Å². The summed E-state index contributed by atoms with van der Waals surface area (Å²) in [6, 6.07) is 14.5. The highest BCUT2D eigenvalue weighted by atomic mass is 127. The Kier molecular flexibility index (Phi) is 4.62. The number of hydrogen-bond acceptors (Lipinski definition) is 6. The Hall–Kier alpha value is -3.47. The first-order chi connectivity index (χ1) is 15.0. The van der Waals surface area contributed by atoms with E-state index in [9.17, 15) is 9.90 Å². The van der Waals surface area contributed by atoms with Crippen LogP contribution >= 0.6 is 22.6 Å². The molecule has 8 nitrogen and oxygen atoms in total.